The van der Waals surface area contributed by atoms with Gasteiger partial charge < -0.3 is 0 Å². The summed E-state index contributed by atoms with van der Waals surface area (Å²) in [6, 6.07) is 11.6. The molecule has 0 spiro atoms. The maximum Gasteiger partial charge on any atom is 0.243 e. The maximum atomic E-state index is 13.7. The highest BCUT2D eigenvalue weighted by atomic mass is 32.2. The number of sulfonamides is 1. The second-order valence-corrected chi connectivity index (χ2v) is 8.03. The van der Waals surface area contributed by atoms with Gasteiger partial charge >= 0.3 is 0 Å². The van der Waals surface area contributed by atoms with Gasteiger partial charge in [0.1, 0.15) is 5.82 Å². The van der Waals surface area contributed by atoms with Gasteiger partial charge in [-0.25, -0.2) is 12.8 Å². The number of rotatable bonds is 4. The number of benzene rings is 2. The first kappa shape index (κ1) is 16.1. The minimum Gasteiger partial charge on any atom is -0.207 e. The Morgan fingerprint density at radius 1 is 1.04 bits per heavy atom. The number of nitrogens with zero attached hydrogens (tertiary/aromatic N) is 1. The monoisotopic (exact) mass is 333 g/mol. The van der Waals surface area contributed by atoms with Gasteiger partial charge in [0.15, 0.2) is 0 Å². The molecule has 2 aromatic rings. The van der Waals surface area contributed by atoms with Crippen molar-refractivity contribution in [3.8, 4) is 0 Å². The van der Waals surface area contributed by atoms with Gasteiger partial charge in [-0.15, -0.1) is 0 Å². The summed E-state index contributed by atoms with van der Waals surface area (Å²) in [6.07, 6.45) is 4.20. The van der Waals surface area contributed by atoms with Crippen LogP contribution < -0.4 is 0 Å². The van der Waals surface area contributed by atoms with Crippen LogP contribution in [-0.2, 0) is 29.4 Å². The van der Waals surface area contributed by atoms with Gasteiger partial charge in [0.25, 0.3) is 0 Å². The van der Waals surface area contributed by atoms with Crippen LogP contribution >= 0.6 is 0 Å². The molecule has 0 saturated carbocycles. The molecule has 122 valence electrons. The topological polar surface area (TPSA) is 37.4 Å². The fraction of sp³-hybridized carbons (Fsp3) is 0.333. The Balaban J connectivity index is 1.87. The van der Waals surface area contributed by atoms with Gasteiger partial charge in [-0.2, -0.15) is 4.31 Å². The van der Waals surface area contributed by atoms with Crippen molar-refractivity contribution in [3.05, 3.63) is 65.0 Å². The molecule has 0 radical (unpaired) electrons. The number of hydrogen-bond donors (Lipinski definition) is 0. The lowest BCUT2D eigenvalue weighted by Gasteiger charge is -2.20. The molecule has 0 heterocycles. The molecule has 0 saturated heterocycles. The zero-order valence-electron chi connectivity index (χ0n) is 13.1. The molecule has 1 aliphatic rings. The average molecular weight is 333 g/mol. The number of aryl methyl sites for hydroxylation is 2. The summed E-state index contributed by atoms with van der Waals surface area (Å²) in [4.78, 5) is 0.289. The van der Waals surface area contributed by atoms with Crippen molar-refractivity contribution < 1.29 is 12.8 Å². The Hall–Kier alpha value is -1.72. The minimum atomic E-state index is -3.62. The van der Waals surface area contributed by atoms with Crippen molar-refractivity contribution in [1.82, 2.24) is 4.31 Å². The molecule has 0 bridgehead atoms. The van der Waals surface area contributed by atoms with E-state index in [1.807, 2.05) is 6.07 Å². The Morgan fingerprint density at radius 2 is 1.74 bits per heavy atom. The van der Waals surface area contributed by atoms with Crippen molar-refractivity contribution in [2.45, 2.75) is 37.1 Å². The zero-order valence-corrected chi connectivity index (χ0v) is 13.9. The lowest BCUT2D eigenvalue weighted by Crippen LogP contribution is -2.27. The van der Waals surface area contributed by atoms with Gasteiger partial charge in [0, 0.05) is 19.2 Å². The summed E-state index contributed by atoms with van der Waals surface area (Å²) < 4.78 is 40.4. The van der Waals surface area contributed by atoms with Crippen LogP contribution in [0.5, 0.6) is 0 Å². The Kier molecular flexibility index (Phi) is 4.50. The largest absolute Gasteiger partial charge is 0.243 e. The Bertz CT molecular complexity index is 818. The second-order valence-electron chi connectivity index (χ2n) is 5.99. The third-order valence-corrected chi connectivity index (χ3v) is 6.18. The second kappa shape index (κ2) is 6.42. The van der Waals surface area contributed by atoms with E-state index in [-0.39, 0.29) is 17.3 Å². The molecule has 5 heteroatoms. The normalized spacial score (nSPS) is 14.7. The average Bonchev–Trinajstić information content (AvgIpc) is 2.56. The third kappa shape index (κ3) is 3.31. The van der Waals surface area contributed by atoms with Crippen molar-refractivity contribution >= 4 is 10.0 Å². The van der Waals surface area contributed by atoms with E-state index in [4.69, 9.17) is 0 Å². The van der Waals surface area contributed by atoms with Gasteiger partial charge in [-0.3, -0.25) is 0 Å². The molecular weight excluding hydrogens is 313 g/mol. The first-order chi connectivity index (χ1) is 11.0. The highest BCUT2D eigenvalue weighted by Crippen LogP contribution is 2.26. The molecule has 3 nitrogen and oxygen atoms in total. The first-order valence-electron chi connectivity index (χ1n) is 7.80. The lowest BCUT2D eigenvalue weighted by molar-refractivity contribution is 0.456. The molecular formula is C18H20FNO2S. The van der Waals surface area contributed by atoms with Crippen LogP contribution in [0.3, 0.4) is 0 Å². The molecule has 23 heavy (non-hydrogen) atoms. The van der Waals surface area contributed by atoms with Crippen LogP contribution in [0.2, 0.25) is 0 Å². The predicted molar refractivity (Wildman–Crippen MR) is 88.1 cm³/mol. The Labute approximate surface area is 136 Å². The van der Waals surface area contributed by atoms with Crippen LogP contribution in [0.1, 0.15) is 29.5 Å². The van der Waals surface area contributed by atoms with Crippen molar-refractivity contribution in [1.29, 1.82) is 0 Å². The summed E-state index contributed by atoms with van der Waals surface area (Å²) in [7, 11) is -2.13. The highest BCUT2D eigenvalue weighted by molar-refractivity contribution is 7.89. The Morgan fingerprint density at radius 3 is 2.48 bits per heavy atom. The minimum absolute atomic E-state index is 0.0199. The van der Waals surface area contributed by atoms with Crippen molar-refractivity contribution in [3.63, 3.8) is 0 Å². The fourth-order valence-electron chi connectivity index (χ4n) is 3.00. The highest BCUT2D eigenvalue weighted by Gasteiger charge is 2.23. The maximum absolute atomic E-state index is 13.7. The van der Waals surface area contributed by atoms with Crippen LogP contribution in [0.15, 0.2) is 47.4 Å². The van der Waals surface area contributed by atoms with E-state index in [9.17, 15) is 12.8 Å². The lowest BCUT2D eigenvalue weighted by atomic mass is 9.92. The molecule has 0 aromatic heterocycles. The summed E-state index contributed by atoms with van der Waals surface area (Å²) in [6.45, 7) is 0.0199. The smallest absolute Gasteiger partial charge is 0.207 e. The van der Waals surface area contributed by atoms with Gasteiger partial charge in [0.2, 0.25) is 10.0 Å². The molecule has 3 rings (SSSR count). The van der Waals surface area contributed by atoms with Crippen LogP contribution in [0.25, 0.3) is 0 Å². The van der Waals surface area contributed by atoms with Gasteiger partial charge in [0.05, 0.1) is 4.90 Å². The summed E-state index contributed by atoms with van der Waals surface area (Å²) in [5.41, 5.74) is 2.74. The summed E-state index contributed by atoms with van der Waals surface area (Å²) in [5, 5.41) is 0. The molecule has 0 N–H and O–H groups in total. The quantitative estimate of drug-likeness (QED) is 0.858. The van der Waals surface area contributed by atoms with E-state index in [1.165, 1.54) is 23.0 Å². The molecule has 0 fully saturated rings. The van der Waals surface area contributed by atoms with Crippen LogP contribution in [0.4, 0.5) is 4.39 Å². The fourth-order valence-corrected chi connectivity index (χ4v) is 4.20. The zero-order chi connectivity index (χ0) is 16.4. The van der Waals surface area contributed by atoms with Gasteiger partial charge in [-0.1, -0.05) is 24.3 Å². The predicted octanol–water partition coefficient (Wildman–Crippen LogP) is 3.53. The first-order valence-corrected chi connectivity index (χ1v) is 9.24. The molecule has 0 aliphatic heterocycles. The van der Waals surface area contributed by atoms with E-state index in [1.54, 1.807) is 30.3 Å². The van der Waals surface area contributed by atoms with E-state index < -0.39 is 10.0 Å². The van der Waals surface area contributed by atoms with Gasteiger partial charge in [-0.05, 0) is 55.0 Å². The number of halogens is 1. The standard InChI is InChI=1S/C18H20FNO2S/c1-20(13-16-8-4-5-9-18(16)19)23(21,22)17-11-10-14-6-2-3-7-15(14)12-17/h4-5,8-12H,2-3,6-7,13H2,1H3. The molecule has 0 amide bonds. The summed E-state index contributed by atoms with van der Waals surface area (Å²) >= 11 is 0. The van der Waals surface area contributed by atoms with E-state index in [2.05, 4.69) is 0 Å². The van der Waals surface area contributed by atoms with E-state index in [0.29, 0.717) is 5.56 Å². The molecule has 0 atom stereocenters. The van der Waals surface area contributed by atoms with Crippen LogP contribution in [0, 0.1) is 5.82 Å². The van der Waals surface area contributed by atoms with Crippen LogP contribution in [-0.4, -0.2) is 19.8 Å². The third-order valence-electron chi connectivity index (χ3n) is 4.38. The van der Waals surface area contributed by atoms with E-state index >= 15 is 0 Å². The van der Waals surface area contributed by atoms with Crippen molar-refractivity contribution in [2.75, 3.05) is 7.05 Å². The number of hydrogen-bond acceptors (Lipinski definition) is 2. The summed E-state index contributed by atoms with van der Waals surface area (Å²) in [5.74, 6) is -0.389. The molecule has 2 aromatic carbocycles. The molecule has 0 unspecified atom stereocenters. The molecule has 1 aliphatic carbocycles. The van der Waals surface area contributed by atoms with E-state index in [0.717, 1.165) is 31.2 Å². The van der Waals surface area contributed by atoms with Crippen molar-refractivity contribution in [2.24, 2.45) is 0 Å². The number of fused-ring (bicyclic) bond motifs is 1. The SMILES string of the molecule is CN(Cc1ccccc1F)S(=O)(=O)c1ccc2c(c1)CCCC2.